The zero-order chi connectivity index (χ0) is 9.97. The predicted octanol–water partition coefficient (Wildman–Crippen LogP) is 1.99. The number of aromatic amines is 1. The van der Waals surface area contributed by atoms with Gasteiger partial charge in [0.2, 0.25) is 0 Å². The number of alkyl halides is 1. The van der Waals surface area contributed by atoms with Gasteiger partial charge in [-0.2, -0.15) is 0 Å². The molecule has 0 aliphatic rings. The van der Waals surface area contributed by atoms with E-state index < -0.39 is 6.67 Å². The maximum Gasteiger partial charge on any atom is 0.180 e. The molecule has 0 spiro atoms. The number of fused-ring (bicyclic) bond motifs is 1. The van der Waals surface area contributed by atoms with Crippen LogP contribution < -0.4 is 5.32 Å². The number of rotatable bonds is 3. The Balaban J connectivity index is 2.44. The van der Waals surface area contributed by atoms with E-state index >= 15 is 0 Å². The van der Waals surface area contributed by atoms with Gasteiger partial charge in [0, 0.05) is 12.6 Å². The molecule has 6 heteroatoms. The van der Waals surface area contributed by atoms with Gasteiger partial charge in [-0.15, -0.1) is 0 Å². The Bertz CT molecular complexity index is 442. The second-order valence-corrected chi connectivity index (χ2v) is 3.10. The summed E-state index contributed by atoms with van der Waals surface area (Å²) in [5.74, 6) is 0. The lowest BCUT2D eigenvalue weighted by Gasteiger charge is -2.04. The molecule has 0 aliphatic heterocycles. The maximum atomic E-state index is 12.0. The van der Waals surface area contributed by atoms with Crippen molar-refractivity contribution >= 4 is 28.5 Å². The molecular weight excluding hydrogens is 207 g/mol. The third kappa shape index (κ3) is 1.63. The van der Waals surface area contributed by atoms with Crippen molar-refractivity contribution < 1.29 is 4.39 Å². The lowest BCUT2D eigenvalue weighted by atomic mass is 10.3. The van der Waals surface area contributed by atoms with Crippen LogP contribution in [-0.4, -0.2) is 28.2 Å². The second-order valence-electron chi connectivity index (χ2n) is 2.71. The quantitative estimate of drug-likeness (QED) is 0.769. The van der Waals surface area contributed by atoms with E-state index in [1.54, 1.807) is 6.07 Å². The van der Waals surface area contributed by atoms with E-state index in [9.17, 15) is 4.39 Å². The van der Waals surface area contributed by atoms with Crippen molar-refractivity contribution in [3.63, 3.8) is 0 Å². The Kier molecular flexibility index (Phi) is 2.49. The van der Waals surface area contributed by atoms with Crippen LogP contribution in [0.3, 0.4) is 0 Å². The van der Waals surface area contributed by atoms with Crippen molar-refractivity contribution in [3.8, 4) is 0 Å². The van der Waals surface area contributed by atoms with Gasteiger partial charge in [0.05, 0.1) is 12.0 Å². The van der Waals surface area contributed by atoms with E-state index in [0.29, 0.717) is 10.8 Å². The smallest absolute Gasteiger partial charge is 0.180 e. The molecule has 0 aliphatic carbocycles. The minimum atomic E-state index is -0.435. The fourth-order valence-corrected chi connectivity index (χ4v) is 1.41. The lowest BCUT2D eigenvalue weighted by molar-refractivity contribution is 0.513. The van der Waals surface area contributed by atoms with Gasteiger partial charge in [0.1, 0.15) is 17.3 Å². The van der Waals surface area contributed by atoms with E-state index in [0.717, 1.165) is 11.2 Å². The van der Waals surface area contributed by atoms with E-state index in [-0.39, 0.29) is 6.54 Å². The fraction of sp³-hybridized carbons (Fsp3) is 0.250. The zero-order valence-corrected chi connectivity index (χ0v) is 7.98. The number of pyridine rings is 1. The summed E-state index contributed by atoms with van der Waals surface area (Å²) in [6, 6.07) is 1.64. The van der Waals surface area contributed by atoms with Gasteiger partial charge in [0.15, 0.2) is 5.65 Å². The summed E-state index contributed by atoms with van der Waals surface area (Å²) >= 11 is 5.76. The van der Waals surface area contributed by atoms with Crippen LogP contribution in [-0.2, 0) is 0 Å². The van der Waals surface area contributed by atoms with Gasteiger partial charge in [0.25, 0.3) is 0 Å². The summed E-state index contributed by atoms with van der Waals surface area (Å²) in [6.45, 7) is -0.190. The molecule has 0 fully saturated rings. The number of halogens is 2. The highest BCUT2D eigenvalue weighted by atomic mass is 35.5. The molecule has 2 aromatic rings. The molecule has 2 rings (SSSR count). The Morgan fingerprint density at radius 2 is 2.43 bits per heavy atom. The van der Waals surface area contributed by atoms with E-state index in [2.05, 4.69) is 20.3 Å². The van der Waals surface area contributed by atoms with E-state index in [1.807, 2.05) is 0 Å². The Hall–Kier alpha value is -1.36. The number of nitrogens with one attached hydrogen (secondary N) is 2. The van der Waals surface area contributed by atoms with Crippen LogP contribution in [0.5, 0.6) is 0 Å². The minimum absolute atomic E-state index is 0.245. The van der Waals surface area contributed by atoms with Crippen molar-refractivity contribution in [1.82, 2.24) is 15.0 Å². The molecule has 0 saturated carbocycles. The van der Waals surface area contributed by atoms with Gasteiger partial charge in [-0.3, -0.25) is 0 Å². The molecule has 0 bridgehead atoms. The summed E-state index contributed by atoms with van der Waals surface area (Å²) < 4.78 is 12.0. The van der Waals surface area contributed by atoms with E-state index in [1.165, 1.54) is 6.33 Å². The Labute approximate surface area is 84.5 Å². The molecule has 0 radical (unpaired) electrons. The van der Waals surface area contributed by atoms with Gasteiger partial charge in [-0.1, -0.05) is 11.6 Å². The topological polar surface area (TPSA) is 53.6 Å². The van der Waals surface area contributed by atoms with Crippen LogP contribution in [0, 0.1) is 0 Å². The van der Waals surface area contributed by atoms with Crippen LogP contribution in [0.15, 0.2) is 12.4 Å². The first-order valence-electron chi connectivity index (χ1n) is 4.10. The summed E-state index contributed by atoms with van der Waals surface area (Å²) in [7, 11) is 0. The highest BCUT2D eigenvalue weighted by Gasteiger charge is 2.05. The zero-order valence-electron chi connectivity index (χ0n) is 7.22. The molecule has 74 valence electrons. The highest BCUT2D eigenvalue weighted by Crippen LogP contribution is 2.22. The number of hydrogen-bond acceptors (Lipinski definition) is 3. The first-order valence-corrected chi connectivity index (χ1v) is 4.48. The first-order chi connectivity index (χ1) is 6.81. The summed E-state index contributed by atoms with van der Waals surface area (Å²) in [5, 5.41) is 3.23. The van der Waals surface area contributed by atoms with Crippen LogP contribution in [0.4, 0.5) is 10.1 Å². The molecule has 4 nitrogen and oxygen atoms in total. The van der Waals surface area contributed by atoms with Crippen molar-refractivity contribution in [3.05, 3.63) is 17.5 Å². The van der Waals surface area contributed by atoms with Gasteiger partial charge in [-0.25, -0.2) is 14.4 Å². The van der Waals surface area contributed by atoms with Crippen molar-refractivity contribution in [2.24, 2.45) is 0 Å². The van der Waals surface area contributed by atoms with Crippen LogP contribution in [0.2, 0.25) is 5.15 Å². The van der Waals surface area contributed by atoms with Crippen molar-refractivity contribution in [2.75, 3.05) is 18.5 Å². The molecule has 0 aromatic carbocycles. The predicted molar refractivity (Wildman–Crippen MR) is 53.4 cm³/mol. The van der Waals surface area contributed by atoms with Crippen molar-refractivity contribution in [2.45, 2.75) is 0 Å². The molecule has 0 atom stereocenters. The molecule has 0 unspecified atom stereocenters. The van der Waals surface area contributed by atoms with Crippen molar-refractivity contribution in [1.29, 1.82) is 0 Å². The average Bonchev–Trinajstić information content (AvgIpc) is 2.61. The number of H-pyrrole nitrogens is 1. The number of aromatic nitrogens is 3. The van der Waals surface area contributed by atoms with Gasteiger partial charge >= 0.3 is 0 Å². The fourth-order valence-electron chi connectivity index (χ4n) is 1.22. The summed E-state index contributed by atoms with van der Waals surface area (Å²) in [6.07, 6.45) is 1.52. The highest BCUT2D eigenvalue weighted by molar-refractivity contribution is 6.30. The number of hydrogen-bond donors (Lipinski definition) is 2. The monoisotopic (exact) mass is 214 g/mol. The Morgan fingerprint density at radius 1 is 1.57 bits per heavy atom. The van der Waals surface area contributed by atoms with Gasteiger partial charge in [-0.05, 0) is 0 Å². The first kappa shape index (κ1) is 9.21. The average molecular weight is 215 g/mol. The molecule has 2 aromatic heterocycles. The van der Waals surface area contributed by atoms with Crippen LogP contribution in [0.1, 0.15) is 0 Å². The molecule has 2 heterocycles. The molecule has 2 N–H and O–H groups in total. The molecule has 14 heavy (non-hydrogen) atoms. The number of imidazole rings is 1. The molecule has 0 amide bonds. The summed E-state index contributed by atoms with van der Waals surface area (Å²) in [5.41, 5.74) is 1.98. The van der Waals surface area contributed by atoms with Gasteiger partial charge < -0.3 is 10.3 Å². The van der Waals surface area contributed by atoms with Crippen LogP contribution >= 0.6 is 11.6 Å². The number of anilines is 1. The molecule has 0 saturated heterocycles. The standard InChI is InChI=1S/C8H8ClFN4/c9-6-3-5(11-2-1-10)7-8(14-6)13-4-12-7/h3-4H,1-2H2,(H2,11,12,13,14). The minimum Gasteiger partial charge on any atom is -0.381 e. The van der Waals surface area contributed by atoms with Crippen LogP contribution in [0.25, 0.3) is 11.2 Å². The second kappa shape index (κ2) is 3.79. The third-order valence-electron chi connectivity index (χ3n) is 1.77. The normalized spacial score (nSPS) is 10.7. The lowest BCUT2D eigenvalue weighted by Crippen LogP contribution is -2.03. The molecular formula is C8H8ClFN4. The van der Waals surface area contributed by atoms with E-state index in [4.69, 9.17) is 11.6 Å². The largest absolute Gasteiger partial charge is 0.381 e. The summed E-state index contributed by atoms with van der Waals surface area (Å²) in [4.78, 5) is 10.9. The Morgan fingerprint density at radius 3 is 3.21 bits per heavy atom. The maximum absolute atomic E-state index is 12.0. The third-order valence-corrected chi connectivity index (χ3v) is 1.97. The number of nitrogens with zero attached hydrogens (tertiary/aromatic N) is 2. The SMILES string of the molecule is FCCNc1cc(Cl)nc2nc[nH]c12.